The van der Waals surface area contributed by atoms with Gasteiger partial charge in [-0.25, -0.2) is 18.2 Å². The third kappa shape index (κ3) is 6.53. The number of nitro groups is 1. The van der Waals surface area contributed by atoms with Crippen LogP contribution in [0.25, 0.3) is 0 Å². The molecule has 1 aromatic heterocycles. The van der Waals surface area contributed by atoms with Crippen LogP contribution in [0.15, 0.2) is 35.5 Å². The third-order valence-corrected chi connectivity index (χ3v) is 6.04. The molecule has 2 aromatic rings. The molecule has 0 aliphatic carbocycles. The fourth-order valence-corrected chi connectivity index (χ4v) is 3.93. The Bertz CT molecular complexity index is 1160. The van der Waals surface area contributed by atoms with E-state index in [-0.39, 0.29) is 29.1 Å². The van der Waals surface area contributed by atoms with Crippen molar-refractivity contribution in [1.29, 1.82) is 0 Å². The number of hydrogen-bond donors (Lipinski definition) is 1. The second-order valence-electron chi connectivity index (χ2n) is 8.95. The molecule has 34 heavy (non-hydrogen) atoms. The van der Waals surface area contributed by atoms with Gasteiger partial charge in [-0.05, 0) is 51.5 Å². The van der Waals surface area contributed by atoms with E-state index in [1.807, 2.05) is 0 Å². The lowest BCUT2D eigenvalue weighted by Gasteiger charge is -2.24. The van der Waals surface area contributed by atoms with Crippen LogP contribution in [0.4, 0.5) is 22.0 Å². The Kier molecular flexibility index (Phi) is 7.24. The summed E-state index contributed by atoms with van der Waals surface area (Å²) in [4.78, 5) is 32.9. The Morgan fingerprint density at radius 3 is 2.53 bits per heavy atom. The Balaban J connectivity index is 1.69. The number of rotatable bonds is 7. The molecular formula is C21H27N5O7S. The molecule has 1 unspecified atom stereocenters. The summed E-state index contributed by atoms with van der Waals surface area (Å²) in [5, 5.41) is 14.6. The molecule has 13 heteroatoms. The maximum absolute atomic E-state index is 12.2. The highest BCUT2D eigenvalue weighted by molar-refractivity contribution is 7.90. The molecule has 1 saturated heterocycles. The first-order valence-corrected chi connectivity index (χ1v) is 12.4. The highest BCUT2D eigenvalue weighted by atomic mass is 32.2. The van der Waals surface area contributed by atoms with E-state index in [1.165, 1.54) is 24.3 Å². The van der Waals surface area contributed by atoms with Gasteiger partial charge in [0.2, 0.25) is 5.82 Å². The summed E-state index contributed by atoms with van der Waals surface area (Å²) in [5.41, 5.74) is -0.637. The SMILES string of the molecule is CC(C)(C)OC(=O)N1CCC(COc2ncnc(Nc3ccc(S(C)(=O)=O)cc3)c2[N+](=O)[O-])C1. The number of nitrogens with zero attached hydrogens (tertiary/aromatic N) is 4. The van der Waals surface area contributed by atoms with Crippen LogP contribution >= 0.6 is 0 Å². The van der Waals surface area contributed by atoms with Gasteiger partial charge in [0.25, 0.3) is 5.88 Å². The third-order valence-electron chi connectivity index (χ3n) is 4.91. The topological polar surface area (TPSA) is 154 Å². The average Bonchev–Trinajstić information content (AvgIpc) is 3.20. The summed E-state index contributed by atoms with van der Waals surface area (Å²) in [6.45, 7) is 6.42. The lowest BCUT2D eigenvalue weighted by atomic mass is 10.1. The van der Waals surface area contributed by atoms with E-state index in [4.69, 9.17) is 9.47 Å². The molecule has 1 aliphatic heterocycles. The number of carbonyl (C=O) groups excluding carboxylic acids is 1. The number of hydrogen-bond acceptors (Lipinski definition) is 10. The zero-order valence-electron chi connectivity index (χ0n) is 19.3. The molecule has 1 aromatic carbocycles. The first-order chi connectivity index (χ1) is 15.8. The van der Waals surface area contributed by atoms with Gasteiger partial charge in [-0.1, -0.05) is 0 Å². The molecule has 1 fully saturated rings. The van der Waals surface area contributed by atoms with E-state index >= 15 is 0 Å². The summed E-state index contributed by atoms with van der Waals surface area (Å²) in [7, 11) is -3.37. The van der Waals surface area contributed by atoms with Gasteiger partial charge in [0, 0.05) is 31.0 Å². The van der Waals surface area contributed by atoms with Gasteiger partial charge in [-0.3, -0.25) is 10.1 Å². The van der Waals surface area contributed by atoms with E-state index in [2.05, 4.69) is 15.3 Å². The molecule has 1 atom stereocenters. The predicted octanol–water partition coefficient (Wildman–Crippen LogP) is 3.17. The number of amides is 1. The van der Waals surface area contributed by atoms with Gasteiger partial charge in [0.15, 0.2) is 9.84 Å². The van der Waals surface area contributed by atoms with Crippen molar-refractivity contribution in [2.75, 3.05) is 31.3 Å². The van der Waals surface area contributed by atoms with Gasteiger partial charge in [0.1, 0.15) is 11.9 Å². The predicted molar refractivity (Wildman–Crippen MR) is 123 cm³/mol. The van der Waals surface area contributed by atoms with Crippen molar-refractivity contribution in [1.82, 2.24) is 14.9 Å². The molecule has 12 nitrogen and oxygen atoms in total. The number of benzene rings is 1. The van der Waals surface area contributed by atoms with E-state index in [0.29, 0.717) is 25.2 Å². The minimum atomic E-state index is -3.37. The van der Waals surface area contributed by atoms with Crippen LogP contribution in [-0.2, 0) is 14.6 Å². The molecule has 0 saturated carbocycles. The van der Waals surface area contributed by atoms with Crippen LogP contribution in [0.2, 0.25) is 0 Å². The van der Waals surface area contributed by atoms with Crippen LogP contribution in [0.3, 0.4) is 0 Å². The second-order valence-corrected chi connectivity index (χ2v) is 11.0. The van der Waals surface area contributed by atoms with E-state index in [9.17, 15) is 23.3 Å². The van der Waals surface area contributed by atoms with Crippen LogP contribution in [-0.4, -0.2) is 65.9 Å². The number of aromatic nitrogens is 2. The molecule has 1 N–H and O–H groups in total. The smallest absolute Gasteiger partial charge is 0.410 e. The van der Waals surface area contributed by atoms with Crippen molar-refractivity contribution in [3.63, 3.8) is 0 Å². The van der Waals surface area contributed by atoms with E-state index in [1.54, 1.807) is 25.7 Å². The van der Waals surface area contributed by atoms with Crippen molar-refractivity contribution < 1.29 is 27.6 Å². The highest BCUT2D eigenvalue weighted by Crippen LogP contribution is 2.33. The first-order valence-electron chi connectivity index (χ1n) is 10.5. The van der Waals surface area contributed by atoms with Crippen LogP contribution in [0.5, 0.6) is 5.88 Å². The molecule has 0 spiro atoms. The molecule has 1 amide bonds. The number of likely N-dealkylation sites (tertiary alicyclic amines) is 1. The van der Waals surface area contributed by atoms with Crippen molar-refractivity contribution in [2.24, 2.45) is 5.92 Å². The summed E-state index contributed by atoms with van der Waals surface area (Å²) in [6.07, 6.45) is 2.48. The summed E-state index contributed by atoms with van der Waals surface area (Å²) in [6, 6.07) is 5.73. The molecule has 3 rings (SSSR count). The Morgan fingerprint density at radius 1 is 1.26 bits per heavy atom. The number of ether oxygens (including phenoxy) is 2. The average molecular weight is 494 g/mol. The van der Waals surface area contributed by atoms with Gasteiger partial charge in [-0.15, -0.1) is 0 Å². The Hall–Kier alpha value is -3.48. The van der Waals surface area contributed by atoms with Crippen molar-refractivity contribution in [2.45, 2.75) is 37.7 Å². The van der Waals surface area contributed by atoms with Crippen LogP contribution in [0, 0.1) is 16.0 Å². The fraction of sp³-hybridized carbons (Fsp3) is 0.476. The van der Waals surface area contributed by atoms with E-state index < -0.39 is 32.1 Å². The zero-order valence-corrected chi connectivity index (χ0v) is 20.2. The standard InChI is InChI=1S/C21H27N5O7S/c1-21(2,3)33-20(27)25-10-9-14(11-25)12-32-19-17(26(28)29)18(22-13-23-19)24-15-5-7-16(8-6-15)34(4,30)31/h5-8,13-14H,9-12H2,1-4H3,(H,22,23,24). The molecule has 0 radical (unpaired) electrons. The minimum absolute atomic E-state index is 0.0398. The Morgan fingerprint density at radius 2 is 1.94 bits per heavy atom. The maximum Gasteiger partial charge on any atom is 0.410 e. The molecule has 2 heterocycles. The fourth-order valence-electron chi connectivity index (χ4n) is 3.30. The molecular weight excluding hydrogens is 466 g/mol. The molecule has 184 valence electrons. The highest BCUT2D eigenvalue weighted by Gasteiger charge is 2.31. The largest absolute Gasteiger partial charge is 0.472 e. The monoisotopic (exact) mass is 493 g/mol. The summed E-state index contributed by atoms with van der Waals surface area (Å²) >= 11 is 0. The van der Waals surface area contributed by atoms with Crippen LogP contribution in [0.1, 0.15) is 27.2 Å². The van der Waals surface area contributed by atoms with Gasteiger partial charge >= 0.3 is 11.8 Å². The summed E-state index contributed by atoms with van der Waals surface area (Å²) < 4.78 is 34.3. The minimum Gasteiger partial charge on any atom is -0.472 e. The van der Waals surface area contributed by atoms with Gasteiger partial charge in [-0.2, -0.15) is 4.98 Å². The zero-order chi connectivity index (χ0) is 25.1. The van der Waals surface area contributed by atoms with Crippen LogP contribution < -0.4 is 10.1 Å². The molecule has 1 aliphatic rings. The van der Waals surface area contributed by atoms with Gasteiger partial charge < -0.3 is 19.7 Å². The lowest BCUT2D eigenvalue weighted by Crippen LogP contribution is -2.35. The first kappa shape index (κ1) is 25.1. The number of anilines is 2. The van der Waals surface area contributed by atoms with Crippen molar-refractivity contribution in [3.05, 3.63) is 40.7 Å². The number of sulfone groups is 1. The Labute approximate surface area is 197 Å². The number of nitrogens with one attached hydrogen (secondary N) is 1. The van der Waals surface area contributed by atoms with Crippen molar-refractivity contribution >= 4 is 33.1 Å². The quantitative estimate of drug-likeness (QED) is 0.449. The van der Waals surface area contributed by atoms with Gasteiger partial charge in [0.05, 0.1) is 16.4 Å². The van der Waals surface area contributed by atoms with E-state index in [0.717, 1.165) is 12.6 Å². The normalized spacial score (nSPS) is 16.2. The lowest BCUT2D eigenvalue weighted by molar-refractivity contribution is -0.385. The molecule has 0 bridgehead atoms. The number of carbonyl (C=O) groups is 1. The second kappa shape index (κ2) is 9.79. The van der Waals surface area contributed by atoms with Crippen molar-refractivity contribution in [3.8, 4) is 5.88 Å². The maximum atomic E-state index is 12.2. The summed E-state index contributed by atoms with van der Waals surface area (Å²) in [5.74, 6) is -0.336.